The average molecular weight is 433 g/mol. The van der Waals surface area contributed by atoms with Crippen LogP contribution < -0.4 is 0 Å². The van der Waals surface area contributed by atoms with Crippen molar-refractivity contribution in [2.75, 3.05) is 0 Å². The first-order chi connectivity index (χ1) is 12.3. The van der Waals surface area contributed by atoms with E-state index in [2.05, 4.69) is 45.9 Å². The zero-order valence-corrected chi connectivity index (χ0v) is 21.8. The van der Waals surface area contributed by atoms with Crippen LogP contribution in [0, 0.1) is 5.92 Å². The van der Waals surface area contributed by atoms with Gasteiger partial charge in [-0.05, 0) is 71.4 Å². The number of hydrogen-bond acceptors (Lipinski definition) is 5. The molecule has 1 aliphatic carbocycles. The molecule has 0 spiro atoms. The summed E-state index contributed by atoms with van der Waals surface area (Å²) in [6.07, 6.45) is 2.57. The molecule has 1 aliphatic rings. The lowest BCUT2D eigenvalue weighted by Crippen LogP contribution is -2.43. The van der Waals surface area contributed by atoms with Gasteiger partial charge in [-0.2, -0.15) is 0 Å². The molecule has 27 heavy (non-hydrogen) atoms. The van der Waals surface area contributed by atoms with E-state index in [1.54, 1.807) is 6.92 Å². The Bertz CT molecular complexity index is 483. The number of esters is 1. The summed E-state index contributed by atoms with van der Waals surface area (Å²) in [7, 11) is -3.76. The largest absolute Gasteiger partial charge is 0.456 e. The lowest BCUT2D eigenvalue weighted by Gasteiger charge is -2.34. The molecule has 1 N–H and O–H groups in total. The molecule has 0 aromatic carbocycles. The minimum absolute atomic E-state index is 0.0227. The molecule has 158 valence electrons. The molecule has 1 saturated carbocycles. The smallest absolute Gasteiger partial charge is 0.333 e. The van der Waals surface area contributed by atoms with Crippen LogP contribution in [0.2, 0.25) is 45.3 Å². The van der Waals surface area contributed by atoms with E-state index in [4.69, 9.17) is 13.6 Å². The molecular formula is C19H40O5Si3. The van der Waals surface area contributed by atoms with Crippen LogP contribution in [0.25, 0.3) is 0 Å². The normalized spacial score (nSPS) is 24.6. The fourth-order valence-corrected chi connectivity index (χ4v) is 10.2. The summed E-state index contributed by atoms with van der Waals surface area (Å²) in [5.74, 6) is 0.110. The standard InChI is InChI=1S/C19H40O5Si3/c1-14(2)18(21)22-17-13-15(9-10-16(17)20)11-12-25-19(23-26(3,4)5)24-27(6,7)8/h15-17,19-20H,1,9-13,25H2,2-8H3. The van der Waals surface area contributed by atoms with Crippen molar-refractivity contribution < 1.29 is 23.5 Å². The number of hydrogen-bond donors (Lipinski definition) is 1. The molecule has 0 aromatic heterocycles. The minimum atomic E-state index is -1.63. The first-order valence-corrected chi connectivity index (χ1v) is 18.8. The van der Waals surface area contributed by atoms with Crippen molar-refractivity contribution in [3.05, 3.63) is 12.2 Å². The number of ether oxygens (including phenoxy) is 1. The molecule has 5 nitrogen and oxygen atoms in total. The molecule has 8 heteroatoms. The van der Waals surface area contributed by atoms with E-state index >= 15 is 0 Å². The van der Waals surface area contributed by atoms with Gasteiger partial charge in [-0.1, -0.05) is 19.0 Å². The van der Waals surface area contributed by atoms with E-state index in [9.17, 15) is 9.90 Å². The first kappa shape index (κ1) is 24.8. The fraction of sp³-hybridized carbons (Fsp3) is 0.842. The van der Waals surface area contributed by atoms with Gasteiger partial charge >= 0.3 is 5.97 Å². The van der Waals surface area contributed by atoms with Gasteiger partial charge in [0.05, 0.1) is 15.6 Å². The molecule has 1 rings (SSSR count). The summed E-state index contributed by atoms with van der Waals surface area (Å²) in [5.41, 5.74) is 0.381. The zero-order chi connectivity index (χ0) is 20.8. The van der Waals surface area contributed by atoms with Crippen molar-refractivity contribution in [1.29, 1.82) is 0 Å². The van der Waals surface area contributed by atoms with Crippen molar-refractivity contribution in [3.63, 3.8) is 0 Å². The van der Waals surface area contributed by atoms with Gasteiger partial charge < -0.3 is 18.7 Å². The maximum Gasteiger partial charge on any atom is 0.333 e. The molecule has 0 radical (unpaired) electrons. The second-order valence-corrected chi connectivity index (χ2v) is 20.7. The Hall–Kier alpha value is -0.259. The second kappa shape index (κ2) is 10.5. The van der Waals surface area contributed by atoms with Crippen LogP contribution in [0.15, 0.2) is 12.2 Å². The van der Waals surface area contributed by atoms with Crippen LogP contribution in [-0.4, -0.2) is 55.4 Å². The fourth-order valence-electron chi connectivity index (χ4n) is 3.33. The molecule has 1 fully saturated rings. The van der Waals surface area contributed by atoms with Crippen molar-refractivity contribution in [2.24, 2.45) is 5.92 Å². The number of rotatable bonds is 10. The SMILES string of the molecule is C=C(C)C(=O)OC1CC(CC[SiH2]C(O[Si](C)(C)C)O[Si](C)(C)C)CCC1O. The third-order valence-electron chi connectivity index (χ3n) is 4.49. The van der Waals surface area contributed by atoms with Crippen LogP contribution in [0.4, 0.5) is 0 Å². The lowest BCUT2D eigenvalue weighted by atomic mass is 9.84. The maximum atomic E-state index is 11.8. The second-order valence-electron chi connectivity index (χ2n) is 9.79. The predicted molar refractivity (Wildman–Crippen MR) is 119 cm³/mol. The van der Waals surface area contributed by atoms with E-state index in [1.165, 1.54) is 0 Å². The molecule has 0 heterocycles. The molecule has 0 saturated heterocycles. The third-order valence-corrected chi connectivity index (χ3v) is 8.72. The first-order valence-electron chi connectivity index (χ1n) is 10.2. The Kier molecular flexibility index (Phi) is 9.63. The summed E-state index contributed by atoms with van der Waals surface area (Å²) in [6, 6.07) is 1.15. The van der Waals surface area contributed by atoms with E-state index in [0.717, 1.165) is 25.3 Å². The highest BCUT2D eigenvalue weighted by Crippen LogP contribution is 2.31. The summed E-state index contributed by atoms with van der Waals surface area (Å²) in [6.45, 7) is 18.5. The number of carbonyl (C=O) groups is 1. The monoisotopic (exact) mass is 432 g/mol. The number of carbonyl (C=O) groups excluding carboxylic acids is 1. The van der Waals surface area contributed by atoms with Gasteiger partial charge in [0.1, 0.15) is 12.0 Å². The molecular weight excluding hydrogens is 392 g/mol. The molecule has 0 bridgehead atoms. The Labute approximate surface area is 169 Å². The molecule has 0 aromatic rings. The van der Waals surface area contributed by atoms with Crippen LogP contribution in [0.5, 0.6) is 0 Å². The van der Waals surface area contributed by atoms with E-state index < -0.39 is 44.3 Å². The minimum Gasteiger partial charge on any atom is -0.456 e. The highest BCUT2D eigenvalue weighted by molar-refractivity contribution is 6.71. The van der Waals surface area contributed by atoms with Crippen LogP contribution in [0.3, 0.4) is 0 Å². The van der Waals surface area contributed by atoms with Gasteiger partial charge in [-0.25, -0.2) is 4.79 Å². The summed E-state index contributed by atoms with van der Waals surface area (Å²) < 4.78 is 18.1. The summed E-state index contributed by atoms with van der Waals surface area (Å²) in [5, 5.41) is 10.2. The number of aliphatic hydroxyl groups excluding tert-OH is 1. The summed E-state index contributed by atoms with van der Waals surface area (Å²) >= 11 is 0. The Morgan fingerprint density at radius 3 is 2.19 bits per heavy atom. The van der Waals surface area contributed by atoms with Crippen LogP contribution in [-0.2, 0) is 18.4 Å². The number of aliphatic hydroxyl groups is 1. The van der Waals surface area contributed by atoms with Crippen LogP contribution in [0.1, 0.15) is 32.6 Å². The predicted octanol–water partition coefficient (Wildman–Crippen LogP) is 3.60. The van der Waals surface area contributed by atoms with E-state index in [-0.39, 0.29) is 5.91 Å². The van der Waals surface area contributed by atoms with E-state index in [1.807, 2.05) is 0 Å². The van der Waals surface area contributed by atoms with Crippen molar-refractivity contribution in [1.82, 2.24) is 0 Å². The molecule has 3 atom stereocenters. The summed E-state index contributed by atoms with van der Waals surface area (Å²) in [4.78, 5) is 11.8. The van der Waals surface area contributed by atoms with Crippen molar-refractivity contribution in [3.8, 4) is 0 Å². The molecule has 0 amide bonds. The molecule has 0 aliphatic heterocycles. The van der Waals surface area contributed by atoms with Gasteiger partial charge in [0.15, 0.2) is 16.6 Å². The third kappa shape index (κ3) is 10.7. The topological polar surface area (TPSA) is 65.0 Å². The van der Waals surface area contributed by atoms with Gasteiger partial charge in [-0.15, -0.1) is 0 Å². The Balaban J connectivity index is 2.52. The van der Waals surface area contributed by atoms with Crippen LogP contribution >= 0.6 is 0 Å². The Morgan fingerprint density at radius 2 is 1.70 bits per heavy atom. The van der Waals surface area contributed by atoms with Crippen molar-refractivity contribution >= 4 is 32.1 Å². The van der Waals surface area contributed by atoms with Gasteiger partial charge in [0.2, 0.25) is 0 Å². The van der Waals surface area contributed by atoms with Gasteiger partial charge in [-0.3, -0.25) is 0 Å². The van der Waals surface area contributed by atoms with Crippen molar-refractivity contribution in [2.45, 2.75) is 96.1 Å². The molecule has 3 unspecified atom stereocenters. The zero-order valence-electron chi connectivity index (χ0n) is 18.3. The van der Waals surface area contributed by atoms with Gasteiger partial charge in [0, 0.05) is 5.57 Å². The Morgan fingerprint density at radius 1 is 1.15 bits per heavy atom. The average Bonchev–Trinajstić information content (AvgIpc) is 2.46. The van der Waals surface area contributed by atoms with E-state index in [0.29, 0.717) is 17.9 Å². The van der Waals surface area contributed by atoms with Gasteiger partial charge in [0.25, 0.3) is 0 Å². The lowest BCUT2D eigenvalue weighted by molar-refractivity contribution is -0.154. The highest BCUT2D eigenvalue weighted by atomic mass is 28.4. The maximum absolute atomic E-state index is 11.8. The quantitative estimate of drug-likeness (QED) is 0.247. The highest BCUT2D eigenvalue weighted by Gasteiger charge is 2.32.